The molecule has 0 aliphatic carbocycles. The van der Waals surface area contributed by atoms with Crippen LogP contribution in [-0.2, 0) is 6.54 Å². The molecule has 0 bridgehead atoms. The number of fused-ring (bicyclic) bond motifs is 2. The number of nitrogens with one attached hydrogen (secondary N) is 2. The van der Waals surface area contributed by atoms with Crippen LogP contribution in [0.2, 0.25) is 0 Å². The Morgan fingerprint density at radius 3 is 2.57 bits per heavy atom. The van der Waals surface area contributed by atoms with Crippen LogP contribution in [0.15, 0.2) is 120 Å². The van der Waals surface area contributed by atoms with Crippen molar-refractivity contribution in [3.8, 4) is 22.6 Å². The zero-order chi connectivity index (χ0) is 24.6. The molecule has 0 saturated carbocycles. The van der Waals surface area contributed by atoms with Gasteiger partial charge in [0, 0.05) is 65.2 Å². The molecule has 1 unspecified atom stereocenters. The Bertz CT molecular complexity index is 1700. The molecule has 178 valence electrons. The average Bonchev–Trinajstić information content (AvgIpc) is 3.47. The van der Waals surface area contributed by atoms with E-state index in [2.05, 4.69) is 70.4 Å². The van der Waals surface area contributed by atoms with Gasteiger partial charge in [-0.1, -0.05) is 60.7 Å². The first-order valence-corrected chi connectivity index (χ1v) is 12.4. The molecule has 0 amide bonds. The summed E-state index contributed by atoms with van der Waals surface area (Å²) < 4.78 is 6.22. The lowest BCUT2D eigenvalue weighted by molar-refractivity contribution is 0.567. The second kappa shape index (κ2) is 8.95. The van der Waals surface area contributed by atoms with Gasteiger partial charge < -0.3 is 15.1 Å². The molecule has 3 aromatic heterocycles. The highest BCUT2D eigenvalue weighted by Gasteiger charge is 2.21. The van der Waals surface area contributed by atoms with Gasteiger partial charge >= 0.3 is 0 Å². The number of hydrogen-bond acceptors (Lipinski definition) is 5. The van der Waals surface area contributed by atoms with Gasteiger partial charge in [0.25, 0.3) is 0 Å². The van der Waals surface area contributed by atoms with Crippen molar-refractivity contribution < 1.29 is 4.42 Å². The standard InChI is InChI=1S/C32H24N4O/c1-3-7-25-21(5-1)15-33-19-27(25)29-11-9-23(17-35-29)31-13-14-32(37-31)24-10-12-30(36-18-24)28-20-34-16-22-6-2-4-8-26(22)28/h1-15,17-20,30,34,36H,16H2. The number of hydrogen-bond donors (Lipinski definition) is 2. The van der Waals surface area contributed by atoms with Crippen molar-refractivity contribution in [1.29, 1.82) is 0 Å². The quantitative estimate of drug-likeness (QED) is 0.305. The third-order valence-electron chi connectivity index (χ3n) is 6.98. The van der Waals surface area contributed by atoms with Crippen LogP contribution in [0, 0.1) is 0 Å². The fourth-order valence-corrected chi connectivity index (χ4v) is 5.06. The number of rotatable bonds is 4. The first-order valence-electron chi connectivity index (χ1n) is 12.4. The second-order valence-electron chi connectivity index (χ2n) is 9.25. The molecule has 2 aromatic carbocycles. The minimum atomic E-state index is 0.104. The molecular weight excluding hydrogens is 456 g/mol. The van der Waals surface area contributed by atoms with E-state index in [1.54, 1.807) is 0 Å². The normalized spacial score (nSPS) is 16.4. The number of pyridine rings is 2. The first kappa shape index (κ1) is 21.4. The smallest absolute Gasteiger partial charge is 0.136 e. The van der Waals surface area contributed by atoms with Gasteiger partial charge in [-0.2, -0.15) is 0 Å². The Hall–Kier alpha value is -4.90. The number of furan rings is 1. The van der Waals surface area contributed by atoms with Crippen LogP contribution in [-0.4, -0.2) is 16.0 Å². The van der Waals surface area contributed by atoms with Crippen molar-refractivity contribution in [2.75, 3.05) is 0 Å². The van der Waals surface area contributed by atoms with Gasteiger partial charge in [-0.25, -0.2) is 0 Å². The van der Waals surface area contributed by atoms with Gasteiger partial charge in [0.05, 0.1) is 11.7 Å². The summed E-state index contributed by atoms with van der Waals surface area (Å²) in [6.07, 6.45) is 14.1. The highest BCUT2D eigenvalue weighted by atomic mass is 16.3. The van der Waals surface area contributed by atoms with Crippen molar-refractivity contribution in [2.24, 2.45) is 0 Å². The van der Waals surface area contributed by atoms with Crippen LogP contribution in [0.25, 0.3) is 44.5 Å². The summed E-state index contributed by atoms with van der Waals surface area (Å²) >= 11 is 0. The number of allylic oxidation sites excluding steroid dienone is 2. The third kappa shape index (κ3) is 3.91. The molecule has 0 spiro atoms. The molecule has 5 heterocycles. The molecule has 2 N–H and O–H groups in total. The molecule has 2 aliphatic rings. The monoisotopic (exact) mass is 480 g/mol. The summed E-state index contributed by atoms with van der Waals surface area (Å²) in [5.41, 5.74) is 7.69. The maximum atomic E-state index is 6.22. The lowest BCUT2D eigenvalue weighted by atomic mass is 9.91. The minimum absolute atomic E-state index is 0.104. The maximum Gasteiger partial charge on any atom is 0.136 e. The first-order chi connectivity index (χ1) is 18.3. The lowest BCUT2D eigenvalue weighted by Crippen LogP contribution is -2.29. The number of aromatic nitrogens is 2. The molecule has 5 nitrogen and oxygen atoms in total. The van der Waals surface area contributed by atoms with E-state index in [1.165, 1.54) is 16.7 Å². The van der Waals surface area contributed by atoms with Crippen molar-refractivity contribution in [3.63, 3.8) is 0 Å². The highest BCUT2D eigenvalue weighted by Crippen LogP contribution is 2.32. The van der Waals surface area contributed by atoms with E-state index in [4.69, 9.17) is 9.40 Å². The van der Waals surface area contributed by atoms with Gasteiger partial charge in [0.2, 0.25) is 0 Å². The molecule has 5 aromatic rings. The summed E-state index contributed by atoms with van der Waals surface area (Å²) in [7, 11) is 0. The van der Waals surface area contributed by atoms with Crippen LogP contribution in [0.4, 0.5) is 0 Å². The van der Waals surface area contributed by atoms with Gasteiger partial charge in [-0.05, 0) is 40.8 Å². The van der Waals surface area contributed by atoms with Crippen LogP contribution in [0.5, 0.6) is 0 Å². The van der Waals surface area contributed by atoms with E-state index in [1.807, 2.05) is 61.2 Å². The summed E-state index contributed by atoms with van der Waals surface area (Å²) in [5, 5.41) is 9.17. The Balaban J connectivity index is 1.10. The third-order valence-corrected chi connectivity index (χ3v) is 6.98. The predicted molar refractivity (Wildman–Crippen MR) is 148 cm³/mol. The summed E-state index contributed by atoms with van der Waals surface area (Å²) in [6.45, 7) is 0.862. The largest absolute Gasteiger partial charge is 0.456 e. The molecule has 0 radical (unpaired) electrons. The lowest BCUT2D eigenvalue weighted by Gasteiger charge is -2.26. The van der Waals surface area contributed by atoms with Crippen molar-refractivity contribution in [3.05, 3.63) is 133 Å². The number of benzene rings is 2. The van der Waals surface area contributed by atoms with Crippen LogP contribution in [0.1, 0.15) is 16.9 Å². The molecule has 7 rings (SSSR count). The SMILES string of the molecule is C1=CC(C2=CNCc3ccccc32)NC=C1c1ccc(-c2ccc(-c3cncc4ccccc34)nc2)o1. The second-order valence-corrected chi connectivity index (χ2v) is 9.25. The van der Waals surface area contributed by atoms with Crippen LogP contribution >= 0.6 is 0 Å². The maximum absolute atomic E-state index is 6.22. The van der Waals surface area contributed by atoms with Crippen LogP contribution < -0.4 is 10.6 Å². The van der Waals surface area contributed by atoms with Crippen molar-refractivity contribution in [1.82, 2.24) is 20.6 Å². The fourth-order valence-electron chi connectivity index (χ4n) is 5.06. The Morgan fingerprint density at radius 1 is 0.784 bits per heavy atom. The Labute approximate surface area is 214 Å². The summed E-state index contributed by atoms with van der Waals surface area (Å²) in [4.78, 5) is 9.11. The highest BCUT2D eigenvalue weighted by molar-refractivity contribution is 5.95. The molecule has 1 atom stereocenters. The predicted octanol–water partition coefficient (Wildman–Crippen LogP) is 6.57. The van der Waals surface area contributed by atoms with Crippen molar-refractivity contribution >= 4 is 21.9 Å². The van der Waals surface area contributed by atoms with Gasteiger partial charge in [-0.15, -0.1) is 0 Å². The molecule has 5 heteroatoms. The summed E-state index contributed by atoms with van der Waals surface area (Å²) in [5.74, 6) is 1.60. The average molecular weight is 481 g/mol. The molecule has 0 saturated heterocycles. The zero-order valence-corrected chi connectivity index (χ0v) is 20.1. The Morgan fingerprint density at radius 2 is 1.68 bits per heavy atom. The van der Waals surface area contributed by atoms with E-state index >= 15 is 0 Å². The van der Waals surface area contributed by atoms with Gasteiger partial charge in [0.15, 0.2) is 0 Å². The Kier molecular flexibility index (Phi) is 5.18. The van der Waals surface area contributed by atoms with E-state index < -0.39 is 0 Å². The van der Waals surface area contributed by atoms with E-state index in [9.17, 15) is 0 Å². The minimum Gasteiger partial charge on any atom is -0.456 e. The molecule has 0 fully saturated rings. The number of dihydropyridines is 1. The fraction of sp³-hybridized carbons (Fsp3) is 0.0625. The van der Waals surface area contributed by atoms with E-state index in [-0.39, 0.29) is 6.04 Å². The van der Waals surface area contributed by atoms with Gasteiger partial charge in [0.1, 0.15) is 11.5 Å². The van der Waals surface area contributed by atoms with Crippen LogP contribution in [0.3, 0.4) is 0 Å². The van der Waals surface area contributed by atoms with Gasteiger partial charge in [-0.3, -0.25) is 9.97 Å². The topological polar surface area (TPSA) is 63.0 Å². The molecular formula is C32H24N4O. The van der Waals surface area contributed by atoms with Crippen molar-refractivity contribution in [2.45, 2.75) is 12.6 Å². The van der Waals surface area contributed by atoms with E-state index in [0.717, 1.165) is 51.2 Å². The van der Waals surface area contributed by atoms with E-state index in [0.29, 0.717) is 0 Å². The number of nitrogens with zero attached hydrogens (tertiary/aromatic N) is 2. The summed E-state index contributed by atoms with van der Waals surface area (Å²) in [6, 6.07) is 25.0. The molecule has 37 heavy (non-hydrogen) atoms. The molecule has 2 aliphatic heterocycles. The zero-order valence-electron chi connectivity index (χ0n) is 20.1.